The van der Waals surface area contributed by atoms with Gasteiger partial charge in [0, 0.05) is 39.8 Å². The van der Waals surface area contributed by atoms with E-state index in [0.717, 1.165) is 52.8 Å². The van der Waals surface area contributed by atoms with Crippen LogP contribution in [0.2, 0.25) is 0 Å². The SMILES string of the molecule is Cc1cc2c3c(n1)Oc1ccccc1B3c1cc3c(cc1C2c1ccc2c(c1)C(C)(C)CCC2(C)C)N(c1ccc2c(c1)C(C)(C)CCC2(C)C)c1cc(C)nc2c1B3c1ccccc1O2. The lowest BCUT2D eigenvalue weighted by atomic mass is 9.29. The summed E-state index contributed by atoms with van der Waals surface area (Å²) in [7, 11) is 0. The molecule has 0 bridgehead atoms. The fraction of sp³-hybridized carbons (Fsp3) is 0.322. The van der Waals surface area contributed by atoms with Gasteiger partial charge in [-0.1, -0.05) is 128 Å². The van der Waals surface area contributed by atoms with Gasteiger partial charge in [-0.05, 0) is 164 Å². The highest BCUT2D eigenvalue weighted by atomic mass is 16.5. The fourth-order valence-electron chi connectivity index (χ4n) is 13.2. The first-order valence-corrected chi connectivity index (χ1v) is 24.3. The minimum absolute atomic E-state index is 0.0388. The molecule has 0 amide bonds. The molecule has 326 valence electrons. The zero-order chi connectivity index (χ0) is 45.4. The van der Waals surface area contributed by atoms with Crippen LogP contribution in [0.3, 0.4) is 0 Å². The number of aromatic nitrogens is 2. The van der Waals surface area contributed by atoms with Crippen LogP contribution in [0.1, 0.15) is 137 Å². The lowest BCUT2D eigenvalue weighted by Crippen LogP contribution is -2.64. The predicted molar refractivity (Wildman–Crippen MR) is 273 cm³/mol. The van der Waals surface area contributed by atoms with Gasteiger partial charge in [0.15, 0.2) is 0 Å². The largest absolute Gasteiger partial charge is 0.440 e. The van der Waals surface area contributed by atoms with Crippen molar-refractivity contribution in [3.63, 3.8) is 0 Å². The fourth-order valence-corrected chi connectivity index (χ4v) is 13.2. The van der Waals surface area contributed by atoms with E-state index in [4.69, 9.17) is 19.4 Å². The molecule has 0 fully saturated rings. The van der Waals surface area contributed by atoms with Gasteiger partial charge in [0.25, 0.3) is 13.4 Å². The highest BCUT2D eigenvalue weighted by Gasteiger charge is 2.49. The number of anilines is 3. The lowest BCUT2D eigenvalue weighted by Gasteiger charge is -2.45. The van der Waals surface area contributed by atoms with Crippen molar-refractivity contribution in [3.05, 3.63) is 160 Å². The second-order valence-corrected chi connectivity index (χ2v) is 23.1. The topological polar surface area (TPSA) is 47.5 Å². The Balaban J connectivity index is 1.15. The normalized spacial score (nSPS) is 19.9. The van der Waals surface area contributed by atoms with Gasteiger partial charge in [-0.25, -0.2) is 9.97 Å². The van der Waals surface area contributed by atoms with Crippen LogP contribution in [-0.2, 0) is 21.7 Å². The van der Waals surface area contributed by atoms with Crippen LogP contribution in [0, 0.1) is 13.8 Å². The number of hydrogen-bond acceptors (Lipinski definition) is 5. The van der Waals surface area contributed by atoms with Gasteiger partial charge in [0.05, 0.1) is 0 Å². The third kappa shape index (κ3) is 5.55. The van der Waals surface area contributed by atoms with Gasteiger partial charge < -0.3 is 14.4 Å². The van der Waals surface area contributed by atoms with Gasteiger partial charge in [-0.2, -0.15) is 0 Å². The van der Waals surface area contributed by atoms with E-state index in [1.165, 1.54) is 90.5 Å². The predicted octanol–water partition coefficient (Wildman–Crippen LogP) is 10.3. The van der Waals surface area contributed by atoms with Crippen molar-refractivity contribution in [1.82, 2.24) is 9.97 Å². The smallest absolute Gasteiger partial charge is 0.258 e. The molecule has 66 heavy (non-hydrogen) atoms. The van der Waals surface area contributed by atoms with Crippen molar-refractivity contribution in [2.75, 3.05) is 4.90 Å². The number of aryl methyl sites for hydroxylation is 2. The van der Waals surface area contributed by atoms with Crippen molar-refractivity contribution in [2.45, 2.75) is 122 Å². The van der Waals surface area contributed by atoms with Crippen LogP contribution in [0.25, 0.3) is 0 Å². The summed E-state index contributed by atoms with van der Waals surface area (Å²) in [5.74, 6) is 3.12. The molecule has 7 heteroatoms. The third-order valence-corrected chi connectivity index (χ3v) is 17.0. The van der Waals surface area contributed by atoms with E-state index in [2.05, 4.69) is 183 Å². The van der Waals surface area contributed by atoms with E-state index in [9.17, 15) is 0 Å². The van der Waals surface area contributed by atoms with Gasteiger partial charge in [-0.3, -0.25) is 0 Å². The number of para-hydroxylation sites is 2. The second kappa shape index (κ2) is 13.3. The zero-order valence-corrected chi connectivity index (χ0v) is 40.1. The summed E-state index contributed by atoms with van der Waals surface area (Å²) in [6.45, 7) is 23.5. The van der Waals surface area contributed by atoms with Crippen molar-refractivity contribution in [1.29, 1.82) is 0 Å². The highest BCUT2D eigenvalue weighted by Crippen LogP contribution is 2.51. The maximum atomic E-state index is 6.85. The highest BCUT2D eigenvalue weighted by molar-refractivity contribution is 7.01. The molecule has 1 atom stereocenters. The standard InChI is InChI=1S/C59H57B2N3O2/c1-33-27-38-51(35-19-21-39-41(29-35)58(7,8)25-23-56(39,3)4)37-31-47-46(32-45(37)60-43-15-11-13-17-49(43)65-54(62-33)52(38)60)61-44-16-12-14-18-50(44)66-55-53(61)48(28-34(2)63-55)64(47)36-20-22-40-42(30-36)59(9,10)26-24-57(40,5)6/h11-22,27-32,51H,23-26H2,1-10H3. The first-order valence-electron chi connectivity index (χ1n) is 24.3. The Hall–Kier alpha value is -6.07. The number of hydrogen-bond donors (Lipinski definition) is 0. The average molecular weight is 862 g/mol. The minimum Gasteiger partial charge on any atom is -0.440 e. The maximum absolute atomic E-state index is 6.85. The van der Waals surface area contributed by atoms with Crippen molar-refractivity contribution < 1.29 is 9.47 Å². The molecule has 5 aromatic carbocycles. The molecule has 0 N–H and O–H groups in total. The van der Waals surface area contributed by atoms with Gasteiger partial charge in [-0.15, -0.1) is 0 Å². The molecule has 6 aliphatic rings. The van der Waals surface area contributed by atoms with Crippen molar-refractivity contribution >= 4 is 63.3 Å². The summed E-state index contributed by atoms with van der Waals surface area (Å²) >= 11 is 0. The van der Waals surface area contributed by atoms with E-state index in [-0.39, 0.29) is 41.0 Å². The number of rotatable bonds is 2. The van der Waals surface area contributed by atoms with Crippen LogP contribution in [0.4, 0.5) is 17.1 Å². The van der Waals surface area contributed by atoms with Crippen LogP contribution in [0.5, 0.6) is 23.3 Å². The van der Waals surface area contributed by atoms with E-state index >= 15 is 0 Å². The Kier molecular flexibility index (Phi) is 8.11. The molecule has 0 spiro atoms. The van der Waals surface area contributed by atoms with E-state index in [1.807, 2.05) is 0 Å². The molecule has 4 aliphatic heterocycles. The first kappa shape index (κ1) is 40.2. The molecule has 0 saturated heterocycles. The maximum Gasteiger partial charge on any atom is 0.258 e. The van der Waals surface area contributed by atoms with E-state index in [0.29, 0.717) is 5.88 Å². The average Bonchev–Trinajstić information content (AvgIpc) is 3.28. The number of ether oxygens (including phenoxy) is 2. The molecule has 7 aromatic rings. The Bertz CT molecular complexity index is 3080. The van der Waals surface area contributed by atoms with Gasteiger partial charge >= 0.3 is 0 Å². The van der Waals surface area contributed by atoms with E-state index < -0.39 is 0 Å². The molecular formula is C59H57B2N3O2. The number of fused-ring (bicyclic) bond motifs is 10. The van der Waals surface area contributed by atoms with Crippen molar-refractivity contribution in [2.24, 2.45) is 0 Å². The second-order valence-electron chi connectivity index (χ2n) is 23.1. The Morgan fingerprint density at radius 3 is 1.65 bits per heavy atom. The first-order chi connectivity index (χ1) is 31.5. The summed E-state index contributed by atoms with van der Waals surface area (Å²) in [6, 6.07) is 42.0. The third-order valence-electron chi connectivity index (χ3n) is 17.0. The van der Waals surface area contributed by atoms with Crippen LogP contribution in [-0.4, -0.2) is 23.4 Å². The molecule has 2 aromatic heterocycles. The number of nitrogens with zero attached hydrogens (tertiary/aromatic N) is 3. The van der Waals surface area contributed by atoms with E-state index in [1.54, 1.807) is 0 Å². The quantitative estimate of drug-likeness (QED) is 0.162. The molecule has 1 unspecified atom stereocenters. The summed E-state index contributed by atoms with van der Waals surface area (Å²) in [6.07, 6.45) is 4.66. The minimum atomic E-state index is -0.0880. The molecule has 0 saturated carbocycles. The summed E-state index contributed by atoms with van der Waals surface area (Å²) in [5, 5.41) is 0. The van der Waals surface area contributed by atoms with Crippen molar-refractivity contribution in [3.8, 4) is 23.3 Å². The Morgan fingerprint density at radius 1 is 0.485 bits per heavy atom. The zero-order valence-electron chi connectivity index (χ0n) is 40.1. The van der Waals surface area contributed by atoms with Gasteiger partial charge in [0.1, 0.15) is 11.5 Å². The summed E-state index contributed by atoms with van der Waals surface area (Å²) in [5.41, 5.74) is 22.8. The van der Waals surface area contributed by atoms with Crippen LogP contribution < -0.4 is 47.2 Å². The molecular weight excluding hydrogens is 804 g/mol. The monoisotopic (exact) mass is 861 g/mol. The number of benzene rings is 5. The van der Waals surface area contributed by atoms with Crippen LogP contribution >= 0.6 is 0 Å². The Labute approximate surface area is 391 Å². The Morgan fingerprint density at radius 2 is 1.02 bits per heavy atom. The molecule has 13 rings (SSSR count). The lowest BCUT2D eigenvalue weighted by molar-refractivity contribution is 0.331. The van der Waals surface area contributed by atoms with Gasteiger partial charge in [0.2, 0.25) is 11.8 Å². The molecule has 2 aliphatic carbocycles. The number of pyridine rings is 2. The summed E-state index contributed by atoms with van der Waals surface area (Å²) in [4.78, 5) is 12.9. The molecule has 5 nitrogen and oxygen atoms in total. The molecule has 6 heterocycles. The molecule has 0 radical (unpaired) electrons. The summed E-state index contributed by atoms with van der Waals surface area (Å²) < 4.78 is 13.7. The van der Waals surface area contributed by atoms with Crippen LogP contribution in [0.15, 0.2) is 109 Å².